The van der Waals surface area contributed by atoms with Gasteiger partial charge in [0.2, 0.25) is 0 Å². The topological polar surface area (TPSA) is 61.6 Å². The number of rotatable bonds is 4. The third kappa shape index (κ3) is 2.61. The highest BCUT2D eigenvalue weighted by molar-refractivity contribution is 6.21. The molecule has 1 atom stereocenters. The van der Waals surface area contributed by atoms with Crippen molar-refractivity contribution in [2.45, 2.75) is 24.6 Å². The Morgan fingerprint density at radius 2 is 1.95 bits per heavy atom. The summed E-state index contributed by atoms with van der Waals surface area (Å²) in [5.74, 6) is 1.51. The van der Waals surface area contributed by atoms with Crippen LogP contribution in [0.25, 0.3) is 0 Å². The number of nitro benzene ring substituents is 1. The number of nitro groups is 1. The zero-order valence-electron chi connectivity index (χ0n) is 10.3. The van der Waals surface area contributed by atoms with E-state index in [0.717, 1.165) is 12.8 Å². The van der Waals surface area contributed by atoms with Gasteiger partial charge in [0.15, 0.2) is 11.5 Å². The molecule has 5 nitrogen and oxygen atoms in total. The van der Waals surface area contributed by atoms with Crippen LogP contribution in [0.5, 0.6) is 11.5 Å². The van der Waals surface area contributed by atoms with Crippen LogP contribution in [0.4, 0.5) is 5.69 Å². The number of nitrogens with zero attached hydrogens (tertiary/aromatic N) is 1. The fourth-order valence-electron chi connectivity index (χ4n) is 2.29. The summed E-state index contributed by atoms with van der Waals surface area (Å²) in [4.78, 5) is 10.8. The second-order valence-corrected chi connectivity index (χ2v) is 5.50. The minimum Gasteiger partial charge on any atom is -0.486 e. The van der Waals surface area contributed by atoms with Gasteiger partial charge in [-0.1, -0.05) is 0 Å². The van der Waals surface area contributed by atoms with Crippen molar-refractivity contribution in [3.63, 3.8) is 0 Å². The molecule has 2 aliphatic rings. The predicted molar refractivity (Wildman–Crippen MR) is 70.2 cm³/mol. The number of hydrogen-bond acceptors (Lipinski definition) is 4. The summed E-state index contributed by atoms with van der Waals surface area (Å²) in [5, 5.41) is 11.1. The standard InChI is InChI=1S/C13H14ClNO4/c14-10(8-1-2-8)5-9-6-12-13(19-4-3-18-12)7-11(9)15(16)17/h6-8,10H,1-5H2. The Balaban J connectivity index is 1.93. The number of halogens is 1. The zero-order valence-corrected chi connectivity index (χ0v) is 11.1. The molecule has 19 heavy (non-hydrogen) atoms. The number of benzene rings is 1. The summed E-state index contributed by atoms with van der Waals surface area (Å²) in [7, 11) is 0. The molecule has 1 aliphatic heterocycles. The quantitative estimate of drug-likeness (QED) is 0.484. The molecule has 3 rings (SSSR count). The molecule has 0 bridgehead atoms. The molecule has 1 fully saturated rings. The second-order valence-electron chi connectivity index (χ2n) is 4.94. The third-order valence-electron chi connectivity index (χ3n) is 3.49. The molecular formula is C13H14ClNO4. The van der Waals surface area contributed by atoms with E-state index in [4.69, 9.17) is 21.1 Å². The van der Waals surface area contributed by atoms with Crippen LogP contribution in [0.2, 0.25) is 0 Å². The molecule has 0 aromatic heterocycles. The first-order valence-electron chi connectivity index (χ1n) is 6.36. The van der Waals surface area contributed by atoms with Crippen molar-refractivity contribution < 1.29 is 14.4 Å². The van der Waals surface area contributed by atoms with Gasteiger partial charge in [0.25, 0.3) is 5.69 Å². The number of alkyl halides is 1. The number of fused-ring (bicyclic) bond motifs is 1. The minimum atomic E-state index is -0.385. The molecule has 1 saturated carbocycles. The lowest BCUT2D eigenvalue weighted by molar-refractivity contribution is -0.385. The molecule has 0 saturated heterocycles. The predicted octanol–water partition coefficient (Wildman–Crippen LogP) is 2.93. The normalized spacial score (nSPS) is 19.0. The van der Waals surface area contributed by atoms with E-state index >= 15 is 0 Å². The molecule has 0 amide bonds. The molecule has 0 spiro atoms. The lowest BCUT2D eigenvalue weighted by atomic mass is 10.0. The van der Waals surface area contributed by atoms with E-state index in [-0.39, 0.29) is 16.0 Å². The Bertz CT molecular complexity index is 516. The molecule has 1 aromatic rings. The lowest BCUT2D eigenvalue weighted by Gasteiger charge is -2.19. The van der Waals surface area contributed by atoms with Crippen LogP contribution in [0.1, 0.15) is 18.4 Å². The fourth-order valence-corrected chi connectivity index (χ4v) is 2.71. The van der Waals surface area contributed by atoms with E-state index in [1.165, 1.54) is 6.07 Å². The zero-order chi connectivity index (χ0) is 13.4. The molecule has 6 heteroatoms. The molecular weight excluding hydrogens is 270 g/mol. The Morgan fingerprint density at radius 3 is 2.53 bits per heavy atom. The van der Waals surface area contributed by atoms with Gasteiger partial charge in [-0.25, -0.2) is 0 Å². The maximum atomic E-state index is 11.1. The summed E-state index contributed by atoms with van der Waals surface area (Å²) in [6.45, 7) is 0.890. The summed E-state index contributed by atoms with van der Waals surface area (Å²) in [6.07, 6.45) is 2.73. The summed E-state index contributed by atoms with van der Waals surface area (Å²) in [5.41, 5.74) is 0.691. The molecule has 1 aliphatic carbocycles. The van der Waals surface area contributed by atoms with Gasteiger partial charge in [0.1, 0.15) is 13.2 Å². The largest absolute Gasteiger partial charge is 0.486 e. The van der Waals surface area contributed by atoms with Crippen molar-refractivity contribution in [1.29, 1.82) is 0 Å². The Morgan fingerprint density at radius 1 is 1.32 bits per heavy atom. The maximum absolute atomic E-state index is 11.1. The Hall–Kier alpha value is -1.49. The molecule has 0 radical (unpaired) electrons. The minimum absolute atomic E-state index is 0.0405. The van der Waals surface area contributed by atoms with Crippen molar-refractivity contribution in [3.8, 4) is 11.5 Å². The lowest BCUT2D eigenvalue weighted by Crippen LogP contribution is -2.16. The van der Waals surface area contributed by atoms with Crippen LogP contribution in [0, 0.1) is 16.0 Å². The van der Waals surface area contributed by atoms with Crippen molar-refractivity contribution >= 4 is 17.3 Å². The van der Waals surface area contributed by atoms with Crippen molar-refractivity contribution in [3.05, 3.63) is 27.8 Å². The monoisotopic (exact) mass is 283 g/mol. The second kappa shape index (κ2) is 4.89. The summed E-state index contributed by atoms with van der Waals surface area (Å²) < 4.78 is 10.8. The smallest absolute Gasteiger partial charge is 0.276 e. The van der Waals surface area contributed by atoms with Gasteiger partial charge >= 0.3 is 0 Å². The van der Waals surface area contributed by atoms with E-state index in [1.807, 2.05) is 0 Å². The highest BCUT2D eigenvalue weighted by Gasteiger charge is 2.32. The fraction of sp³-hybridized carbons (Fsp3) is 0.538. The van der Waals surface area contributed by atoms with Crippen molar-refractivity contribution in [1.82, 2.24) is 0 Å². The Labute approximate surface area is 115 Å². The van der Waals surface area contributed by atoms with Gasteiger partial charge < -0.3 is 9.47 Å². The van der Waals surface area contributed by atoms with Crippen LogP contribution in [0.15, 0.2) is 12.1 Å². The van der Waals surface area contributed by atoms with Gasteiger partial charge in [-0.2, -0.15) is 0 Å². The van der Waals surface area contributed by atoms with E-state index < -0.39 is 0 Å². The highest BCUT2D eigenvalue weighted by atomic mass is 35.5. The molecule has 102 valence electrons. The van der Waals surface area contributed by atoms with Crippen molar-refractivity contribution in [2.24, 2.45) is 5.92 Å². The van der Waals surface area contributed by atoms with Crippen LogP contribution < -0.4 is 9.47 Å². The van der Waals surface area contributed by atoms with Crippen LogP contribution >= 0.6 is 11.6 Å². The first kappa shape index (κ1) is 12.5. The average molecular weight is 284 g/mol. The van der Waals surface area contributed by atoms with Gasteiger partial charge in [0.05, 0.1) is 11.0 Å². The van der Waals surface area contributed by atoms with Crippen molar-refractivity contribution in [2.75, 3.05) is 13.2 Å². The third-order valence-corrected chi connectivity index (χ3v) is 4.00. The van der Waals surface area contributed by atoms with E-state index in [1.54, 1.807) is 6.07 Å². The average Bonchev–Trinajstić information content (AvgIpc) is 3.22. The van der Waals surface area contributed by atoms with E-state index in [0.29, 0.717) is 42.6 Å². The maximum Gasteiger partial charge on any atom is 0.276 e. The number of ether oxygens (including phenoxy) is 2. The first-order chi connectivity index (χ1) is 9.15. The molecule has 1 unspecified atom stereocenters. The van der Waals surface area contributed by atoms with E-state index in [2.05, 4.69) is 0 Å². The van der Waals surface area contributed by atoms with Gasteiger partial charge in [0, 0.05) is 10.9 Å². The first-order valence-corrected chi connectivity index (χ1v) is 6.80. The molecule has 1 aromatic carbocycles. The van der Waals surface area contributed by atoms with Crippen LogP contribution in [0.3, 0.4) is 0 Å². The van der Waals surface area contributed by atoms with Gasteiger partial charge in [-0.05, 0) is 31.2 Å². The molecule has 0 N–H and O–H groups in total. The highest BCUT2D eigenvalue weighted by Crippen LogP contribution is 2.41. The summed E-state index contributed by atoms with van der Waals surface area (Å²) >= 11 is 6.28. The van der Waals surface area contributed by atoms with Gasteiger partial charge in [-0.15, -0.1) is 11.6 Å². The van der Waals surface area contributed by atoms with Gasteiger partial charge in [-0.3, -0.25) is 10.1 Å². The SMILES string of the molecule is O=[N+]([O-])c1cc2c(cc1CC(Cl)C1CC1)OCCO2. The summed E-state index contributed by atoms with van der Waals surface area (Å²) in [6, 6.07) is 3.14. The van der Waals surface area contributed by atoms with Crippen LogP contribution in [-0.4, -0.2) is 23.5 Å². The Kier molecular flexibility index (Phi) is 3.22. The van der Waals surface area contributed by atoms with E-state index in [9.17, 15) is 10.1 Å². The van der Waals surface area contributed by atoms with Crippen LogP contribution in [-0.2, 0) is 6.42 Å². The molecule has 1 heterocycles. The number of hydrogen-bond donors (Lipinski definition) is 0.